The summed E-state index contributed by atoms with van der Waals surface area (Å²) in [4.78, 5) is 26.8. The van der Waals surface area contributed by atoms with Crippen molar-refractivity contribution in [1.29, 1.82) is 0 Å². The molecule has 1 aromatic carbocycles. The second-order valence-corrected chi connectivity index (χ2v) is 5.43. The number of ether oxygens (including phenoxy) is 1. The zero-order chi connectivity index (χ0) is 15.9. The Bertz CT molecular complexity index is 527. The van der Waals surface area contributed by atoms with Crippen LogP contribution in [0, 0.1) is 0 Å². The van der Waals surface area contributed by atoms with E-state index in [1.54, 1.807) is 0 Å². The molecule has 6 nitrogen and oxygen atoms in total. The summed E-state index contributed by atoms with van der Waals surface area (Å²) in [5, 5.41) is 2.86. The average Bonchev–Trinajstić information content (AvgIpc) is 3.06. The first-order valence-electron chi connectivity index (χ1n) is 7.50. The molecule has 0 atom stereocenters. The number of carbonyl (C=O) groups excluding carboxylic acids is 2. The predicted molar refractivity (Wildman–Crippen MR) is 84.8 cm³/mol. The molecule has 1 aliphatic heterocycles. The van der Waals surface area contributed by atoms with Gasteiger partial charge in [-0.2, -0.15) is 0 Å². The van der Waals surface area contributed by atoms with Crippen LogP contribution in [0.3, 0.4) is 0 Å². The number of para-hydroxylation sites is 1. The molecular weight excluding hydrogens is 282 g/mol. The molecule has 0 aliphatic carbocycles. The predicted octanol–water partition coefficient (Wildman–Crippen LogP) is 1.60. The number of rotatable bonds is 5. The number of methoxy groups -OCH3 is 1. The Kier molecular flexibility index (Phi) is 5.63. The van der Waals surface area contributed by atoms with Crippen LogP contribution in [0.25, 0.3) is 0 Å². The Balaban J connectivity index is 1.91. The molecule has 120 valence electrons. The maximum absolute atomic E-state index is 11.9. The molecule has 0 spiro atoms. The van der Waals surface area contributed by atoms with E-state index < -0.39 is 6.09 Å². The summed E-state index contributed by atoms with van der Waals surface area (Å²) in [7, 11) is 2.83. The van der Waals surface area contributed by atoms with Gasteiger partial charge in [0, 0.05) is 32.4 Å². The van der Waals surface area contributed by atoms with E-state index in [-0.39, 0.29) is 12.5 Å². The Morgan fingerprint density at radius 1 is 1.27 bits per heavy atom. The monoisotopic (exact) mass is 305 g/mol. The highest BCUT2D eigenvalue weighted by atomic mass is 16.5. The second-order valence-electron chi connectivity index (χ2n) is 5.43. The van der Waals surface area contributed by atoms with Gasteiger partial charge in [0.25, 0.3) is 0 Å². The third-order valence-corrected chi connectivity index (χ3v) is 3.78. The number of benzene rings is 1. The molecule has 0 radical (unpaired) electrons. The topological polar surface area (TPSA) is 61.9 Å². The Morgan fingerprint density at radius 3 is 2.64 bits per heavy atom. The Hall–Kier alpha value is -2.24. The molecule has 1 heterocycles. The van der Waals surface area contributed by atoms with Crippen molar-refractivity contribution in [3.63, 3.8) is 0 Å². The SMILES string of the molecule is COC(=O)N(C)CC(=O)NCc1ccccc1N1CCCC1. The van der Waals surface area contributed by atoms with Crippen molar-refractivity contribution >= 4 is 17.7 Å². The summed E-state index contributed by atoms with van der Waals surface area (Å²) in [5.74, 6) is -0.205. The molecular formula is C16H23N3O3. The standard InChI is InChI=1S/C16H23N3O3/c1-18(16(21)22-2)12-15(20)17-11-13-7-3-4-8-14(13)19-9-5-6-10-19/h3-4,7-8H,5-6,9-12H2,1-2H3,(H,17,20). The normalized spacial score (nSPS) is 13.8. The lowest BCUT2D eigenvalue weighted by Crippen LogP contribution is -2.38. The lowest BCUT2D eigenvalue weighted by molar-refractivity contribution is -0.121. The zero-order valence-corrected chi connectivity index (χ0v) is 13.2. The summed E-state index contributed by atoms with van der Waals surface area (Å²) in [6, 6.07) is 8.11. The second kappa shape index (κ2) is 7.68. The molecule has 6 heteroatoms. The lowest BCUT2D eigenvalue weighted by Gasteiger charge is -2.22. The van der Waals surface area contributed by atoms with Gasteiger partial charge in [-0.05, 0) is 24.5 Å². The first kappa shape index (κ1) is 16.1. The van der Waals surface area contributed by atoms with Crippen LogP contribution >= 0.6 is 0 Å². The van der Waals surface area contributed by atoms with E-state index in [0.717, 1.165) is 18.7 Å². The molecule has 0 bridgehead atoms. The van der Waals surface area contributed by atoms with Crippen LogP contribution in [-0.2, 0) is 16.1 Å². The summed E-state index contributed by atoms with van der Waals surface area (Å²) >= 11 is 0. The van der Waals surface area contributed by atoms with Crippen LogP contribution < -0.4 is 10.2 Å². The summed E-state index contributed by atoms with van der Waals surface area (Å²) in [6.07, 6.45) is 1.91. The van der Waals surface area contributed by atoms with Crippen molar-refractivity contribution in [3.05, 3.63) is 29.8 Å². The fourth-order valence-corrected chi connectivity index (χ4v) is 2.61. The highest BCUT2D eigenvalue weighted by molar-refractivity contribution is 5.82. The van der Waals surface area contributed by atoms with Crippen LogP contribution in [0.15, 0.2) is 24.3 Å². The largest absolute Gasteiger partial charge is 0.453 e. The number of anilines is 1. The van der Waals surface area contributed by atoms with Gasteiger partial charge < -0.3 is 19.9 Å². The van der Waals surface area contributed by atoms with E-state index in [9.17, 15) is 9.59 Å². The molecule has 22 heavy (non-hydrogen) atoms. The van der Waals surface area contributed by atoms with Gasteiger partial charge in [0.05, 0.1) is 7.11 Å². The number of amides is 2. The van der Waals surface area contributed by atoms with E-state index in [1.807, 2.05) is 18.2 Å². The molecule has 1 aliphatic rings. The summed E-state index contributed by atoms with van der Waals surface area (Å²) in [5.41, 5.74) is 2.28. The minimum Gasteiger partial charge on any atom is -0.453 e. The molecule has 1 saturated heterocycles. The molecule has 1 N–H and O–H groups in total. The van der Waals surface area contributed by atoms with Crippen LogP contribution in [0.2, 0.25) is 0 Å². The third-order valence-electron chi connectivity index (χ3n) is 3.78. The van der Waals surface area contributed by atoms with Gasteiger partial charge in [-0.15, -0.1) is 0 Å². The van der Waals surface area contributed by atoms with Gasteiger partial charge in [-0.1, -0.05) is 18.2 Å². The van der Waals surface area contributed by atoms with Crippen molar-refractivity contribution < 1.29 is 14.3 Å². The number of hydrogen-bond acceptors (Lipinski definition) is 4. The van der Waals surface area contributed by atoms with Gasteiger partial charge in [0.15, 0.2) is 0 Å². The summed E-state index contributed by atoms with van der Waals surface area (Å²) in [6.45, 7) is 2.57. The minimum atomic E-state index is -0.521. The third kappa shape index (κ3) is 4.13. The molecule has 1 aromatic rings. The molecule has 2 amide bonds. The highest BCUT2D eigenvalue weighted by Crippen LogP contribution is 2.24. The number of hydrogen-bond donors (Lipinski definition) is 1. The Morgan fingerprint density at radius 2 is 1.95 bits per heavy atom. The van der Waals surface area contributed by atoms with E-state index in [4.69, 9.17) is 0 Å². The Labute approximate surface area is 131 Å². The van der Waals surface area contributed by atoms with Gasteiger partial charge in [-0.25, -0.2) is 4.79 Å². The van der Waals surface area contributed by atoms with Crippen LogP contribution in [0.1, 0.15) is 18.4 Å². The van der Waals surface area contributed by atoms with Gasteiger partial charge in [-0.3, -0.25) is 4.79 Å². The van der Waals surface area contributed by atoms with E-state index >= 15 is 0 Å². The van der Waals surface area contributed by atoms with Gasteiger partial charge in [0.1, 0.15) is 6.54 Å². The maximum Gasteiger partial charge on any atom is 0.409 e. The van der Waals surface area contributed by atoms with Crippen molar-refractivity contribution in [2.75, 3.05) is 38.7 Å². The highest BCUT2D eigenvalue weighted by Gasteiger charge is 2.16. The fraction of sp³-hybridized carbons (Fsp3) is 0.500. The summed E-state index contributed by atoms with van der Waals surface area (Å²) < 4.78 is 4.56. The van der Waals surface area contributed by atoms with Crippen LogP contribution in [0.5, 0.6) is 0 Å². The van der Waals surface area contributed by atoms with E-state index in [2.05, 4.69) is 21.0 Å². The maximum atomic E-state index is 11.9. The van der Waals surface area contributed by atoms with Gasteiger partial charge >= 0.3 is 6.09 Å². The zero-order valence-electron chi connectivity index (χ0n) is 13.2. The molecule has 0 unspecified atom stereocenters. The van der Waals surface area contributed by atoms with Crippen LogP contribution in [-0.4, -0.2) is 50.7 Å². The average molecular weight is 305 g/mol. The number of nitrogens with one attached hydrogen (secondary N) is 1. The van der Waals surface area contributed by atoms with E-state index in [0.29, 0.717) is 6.54 Å². The number of carbonyl (C=O) groups is 2. The molecule has 1 fully saturated rings. The van der Waals surface area contributed by atoms with Crippen LogP contribution in [0.4, 0.5) is 10.5 Å². The van der Waals surface area contributed by atoms with Crippen molar-refractivity contribution in [2.45, 2.75) is 19.4 Å². The molecule has 0 saturated carbocycles. The first-order valence-corrected chi connectivity index (χ1v) is 7.50. The molecule has 2 rings (SSSR count). The molecule has 0 aromatic heterocycles. The van der Waals surface area contributed by atoms with Crippen molar-refractivity contribution in [3.8, 4) is 0 Å². The minimum absolute atomic E-state index is 0.0153. The van der Waals surface area contributed by atoms with E-state index in [1.165, 1.54) is 37.6 Å². The van der Waals surface area contributed by atoms with Crippen molar-refractivity contribution in [1.82, 2.24) is 10.2 Å². The fourth-order valence-electron chi connectivity index (χ4n) is 2.61. The lowest BCUT2D eigenvalue weighted by atomic mass is 10.1. The first-order chi connectivity index (χ1) is 10.6. The van der Waals surface area contributed by atoms with Crippen molar-refractivity contribution in [2.24, 2.45) is 0 Å². The smallest absolute Gasteiger partial charge is 0.409 e. The number of nitrogens with zero attached hydrogens (tertiary/aromatic N) is 2. The number of likely N-dealkylation sites (N-methyl/N-ethyl adjacent to an activating group) is 1. The quantitative estimate of drug-likeness (QED) is 0.897. The van der Waals surface area contributed by atoms with Gasteiger partial charge in [0.2, 0.25) is 5.91 Å².